The molecule has 1 aliphatic carbocycles. The molecule has 25 heavy (non-hydrogen) atoms. The quantitative estimate of drug-likeness (QED) is 0.756. The highest BCUT2D eigenvalue weighted by Crippen LogP contribution is 2.29. The van der Waals surface area contributed by atoms with Crippen molar-refractivity contribution in [3.63, 3.8) is 0 Å². The van der Waals surface area contributed by atoms with Gasteiger partial charge in [0.25, 0.3) is 0 Å². The van der Waals surface area contributed by atoms with Gasteiger partial charge < -0.3 is 15.7 Å². The second-order valence-electron chi connectivity index (χ2n) is 7.11. The summed E-state index contributed by atoms with van der Waals surface area (Å²) in [5.74, 6) is 0. The Kier molecular flexibility index (Phi) is 5.39. The number of amides is 2. The topological polar surface area (TPSA) is 61.4 Å². The fourth-order valence-electron chi connectivity index (χ4n) is 3.67. The third-order valence-electron chi connectivity index (χ3n) is 4.85. The zero-order valence-electron chi connectivity index (χ0n) is 14.7. The van der Waals surface area contributed by atoms with E-state index in [-0.39, 0.29) is 24.2 Å². The van der Waals surface area contributed by atoms with E-state index in [0.717, 1.165) is 18.4 Å². The highest BCUT2D eigenvalue weighted by molar-refractivity contribution is 5.75. The normalized spacial score (nSPS) is 16.1. The largest absolute Gasteiger partial charge is 0.396 e. The minimum Gasteiger partial charge on any atom is -0.396 e. The number of carbonyl (C=O) groups excluding carboxylic acids is 1. The maximum absolute atomic E-state index is 12.6. The molecule has 0 saturated carbocycles. The van der Waals surface area contributed by atoms with Gasteiger partial charge in [0.15, 0.2) is 0 Å². The van der Waals surface area contributed by atoms with Crippen molar-refractivity contribution in [2.45, 2.75) is 44.2 Å². The first kappa shape index (κ1) is 17.5. The van der Waals surface area contributed by atoms with Crippen LogP contribution in [0.1, 0.15) is 42.5 Å². The second-order valence-corrected chi connectivity index (χ2v) is 7.11. The molecule has 2 aromatic carbocycles. The number of nitrogens with one attached hydrogen (secondary N) is 2. The molecule has 0 bridgehead atoms. The van der Waals surface area contributed by atoms with E-state index in [2.05, 4.69) is 29.7 Å². The van der Waals surface area contributed by atoms with Gasteiger partial charge in [-0.2, -0.15) is 0 Å². The number of hydrogen-bond donors (Lipinski definition) is 3. The molecule has 0 saturated heterocycles. The van der Waals surface area contributed by atoms with E-state index in [0.29, 0.717) is 12.8 Å². The lowest BCUT2D eigenvalue weighted by Crippen LogP contribution is -2.51. The summed E-state index contributed by atoms with van der Waals surface area (Å²) in [7, 11) is 0. The second kappa shape index (κ2) is 7.70. The first-order valence-electron chi connectivity index (χ1n) is 8.91. The van der Waals surface area contributed by atoms with Crippen molar-refractivity contribution in [2.75, 3.05) is 6.61 Å². The van der Waals surface area contributed by atoms with Crippen LogP contribution in [0.3, 0.4) is 0 Å². The molecule has 0 heterocycles. The SMILES string of the molecule is CC1(NC(=O)NC(CCCO)c2ccccc2)Cc2ccccc2C1. The summed E-state index contributed by atoms with van der Waals surface area (Å²) in [6.45, 7) is 2.22. The monoisotopic (exact) mass is 338 g/mol. The molecule has 0 aliphatic heterocycles. The molecule has 3 rings (SSSR count). The van der Waals surface area contributed by atoms with Crippen LogP contribution in [0.15, 0.2) is 54.6 Å². The van der Waals surface area contributed by atoms with Crippen molar-refractivity contribution >= 4 is 6.03 Å². The van der Waals surface area contributed by atoms with Crippen molar-refractivity contribution in [1.29, 1.82) is 0 Å². The van der Waals surface area contributed by atoms with Gasteiger partial charge in [-0.3, -0.25) is 0 Å². The number of rotatable bonds is 6. The lowest BCUT2D eigenvalue weighted by Gasteiger charge is -2.28. The van der Waals surface area contributed by atoms with Crippen LogP contribution in [-0.4, -0.2) is 23.3 Å². The molecule has 132 valence electrons. The molecule has 4 heteroatoms. The van der Waals surface area contributed by atoms with E-state index >= 15 is 0 Å². The lowest BCUT2D eigenvalue weighted by molar-refractivity contribution is 0.221. The van der Waals surface area contributed by atoms with E-state index in [4.69, 9.17) is 5.11 Å². The number of hydrogen-bond acceptors (Lipinski definition) is 2. The number of benzene rings is 2. The van der Waals surface area contributed by atoms with E-state index in [1.807, 2.05) is 42.5 Å². The lowest BCUT2D eigenvalue weighted by atomic mass is 9.98. The Morgan fingerprint density at radius 2 is 1.68 bits per heavy atom. The Morgan fingerprint density at radius 1 is 1.08 bits per heavy atom. The first-order chi connectivity index (χ1) is 12.1. The molecule has 3 N–H and O–H groups in total. The summed E-state index contributed by atoms with van der Waals surface area (Å²) in [5.41, 5.74) is 3.42. The van der Waals surface area contributed by atoms with Crippen LogP contribution in [0.25, 0.3) is 0 Å². The Labute approximate surface area is 149 Å². The molecule has 0 spiro atoms. The van der Waals surface area contributed by atoms with Gasteiger partial charge in [-0.05, 0) is 49.3 Å². The summed E-state index contributed by atoms with van der Waals surface area (Å²) in [4.78, 5) is 12.6. The molecule has 4 nitrogen and oxygen atoms in total. The van der Waals surface area contributed by atoms with Gasteiger partial charge in [-0.25, -0.2) is 4.79 Å². The zero-order chi connectivity index (χ0) is 17.7. The van der Waals surface area contributed by atoms with E-state index < -0.39 is 0 Å². The number of urea groups is 1. The smallest absolute Gasteiger partial charge is 0.315 e. The molecule has 1 unspecified atom stereocenters. The van der Waals surface area contributed by atoms with E-state index in [1.165, 1.54) is 11.1 Å². The molecular weight excluding hydrogens is 312 g/mol. The standard InChI is InChI=1S/C21H26N2O2/c1-21(14-17-10-5-6-11-18(17)15-21)23-20(25)22-19(12-7-13-24)16-8-3-2-4-9-16/h2-6,8-11,19,24H,7,12-15H2,1H3,(H2,22,23,25). The fourth-order valence-corrected chi connectivity index (χ4v) is 3.67. The molecule has 2 aromatic rings. The maximum Gasteiger partial charge on any atom is 0.315 e. The van der Waals surface area contributed by atoms with Crippen LogP contribution >= 0.6 is 0 Å². The predicted octanol–water partition coefficient (Wildman–Crippen LogP) is 3.36. The third-order valence-corrected chi connectivity index (χ3v) is 4.85. The zero-order valence-corrected chi connectivity index (χ0v) is 14.7. The predicted molar refractivity (Wildman–Crippen MR) is 99.4 cm³/mol. The maximum atomic E-state index is 12.6. The van der Waals surface area contributed by atoms with Gasteiger partial charge in [-0.15, -0.1) is 0 Å². The number of carbonyl (C=O) groups is 1. The van der Waals surface area contributed by atoms with Gasteiger partial charge in [0, 0.05) is 12.1 Å². The van der Waals surface area contributed by atoms with Crippen molar-refractivity contribution in [1.82, 2.24) is 10.6 Å². The van der Waals surface area contributed by atoms with Crippen molar-refractivity contribution in [2.24, 2.45) is 0 Å². The molecule has 0 radical (unpaired) electrons. The summed E-state index contributed by atoms with van der Waals surface area (Å²) in [5, 5.41) is 15.4. The van der Waals surface area contributed by atoms with Gasteiger partial charge in [0.2, 0.25) is 0 Å². The average Bonchev–Trinajstić information content (AvgIpc) is 2.94. The highest BCUT2D eigenvalue weighted by Gasteiger charge is 2.34. The van der Waals surface area contributed by atoms with E-state index in [1.54, 1.807) is 0 Å². The summed E-state index contributed by atoms with van der Waals surface area (Å²) >= 11 is 0. The van der Waals surface area contributed by atoms with E-state index in [9.17, 15) is 4.79 Å². The Balaban J connectivity index is 1.64. The minimum absolute atomic E-state index is 0.0965. The molecular formula is C21H26N2O2. The fraction of sp³-hybridized carbons (Fsp3) is 0.381. The summed E-state index contributed by atoms with van der Waals surface area (Å²) in [6, 6.07) is 18.0. The van der Waals surface area contributed by atoms with Gasteiger partial charge in [-0.1, -0.05) is 54.6 Å². The molecule has 2 amide bonds. The minimum atomic E-state index is -0.258. The molecule has 0 fully saturated rings. The molecule has 0 aromatic heterocycles. The van der Waals surface area contributed by atoms with Gasteiger partial charge in [0.05, 0.1) is 6.04 Å². The average molecular weight is 338 g/mol. The first-order valence-corrected chi connectivity index (χ1v) is 8.91. The number of aliphatic hydroxyl groups excluding tert-OH is 1. The Bertz CT molecular complexity index is 690. The summed E-state index contributed by atoms with van der Waals surface area (Å²) in [6.07, 6.45) is 3.07. The van der Waals surface area contributed by atoms with Crippen molar-refractivity contribution in [3.8, 4) is 0 Å². The Hall–Kier alpha value is -2.33. The van der Waals surface area contributed by atoms with Crippen LogP contribution < -0.4 is 10.6 Å². The van der Waals surface area contributed by atoms with Crippen LogP contribution in [-0.2, 0) is 12.8 Å². The van der Waals surface area contributed by atoms with Crippen molar-refractivity contribution < 1.29 is 9.90 Å². The third kappa shape index (κ3) is 4.40. The number of aliphatic hydroxyl groups is 1. The molecule has 1 aliphatic rings. The van der Waals surface area contributed by atoms with Crippen LogP contribution in [0.4, 0.5) is 4.79 Å². The Morgan fingerprint density at radius 3 is 2.28 bits per heavy atom. The molecule has 1 atom stereocenters. The van der Waals surface area contributed by atoms with Gasteiger partial charge >= 0.3 is 6.03 Å². The van der Waals surface area contributed by atoms with Gasteiger partial charge in [0.1, 0.15) is 0 Å². The van der Waals surface area contributed by atoms with Crippen LogP contribution in [0.2, 0.25) is 0 Å². The van der Waals surface area contributed by atoms with Crippen LogP contribution in [0, 0.1) is 0 Å². The summed E-state index contributed by atoms with van der Waals surface area (Å²) < 4.78 is 0. The highest BCUT2D eigenvalue weighted by atomic mass is 16.3. The number of fused-ring (bicyclic) bond motifs is 1. The van der Waals surface area contributed by atoms with Crippen molar-refractivity contribution in [3.05, 3.63) is 71.3 Å². The van der Waals surface area contributed by atoms with Crippen LogP contribution in [0.5, 0.6) is 0 Å².